The Kier molecular flexibility index (Phi) is 3.80. The van der Waals surface area contributed by atoms with Crippen LogP contribution in [0.2, 0.25) is 0 Å². The molecule has 0 aromatic carbocycles. The van der Waals surface area contributed by atoms with Gasteiger partial charge in [-0.15, -0.1) is 0 Å². The zero-order chi connectivity index (χ0) is 14.3. The number of amides is 1. The molecule has 4 heteroatoms. The van der Waals surface area contributed by atoms with Gasteiger partial charge >= 0.3 is 0 Å². The molecule has 0 bridgehead atoms. The number of carbonyl (C=O) groups is 1. The quantitative estimate of drug-likeness (QED) is 0.859. The van der Waals surface area contributed by atoms with E-state index >= 15 is 0 Å². The van der Waals surface area contributed by atoms with E-state index in [9.17, 15) is 4.79 Å². The summed E-state index contributed by atoms with van der Waals surface area (Å²) in [6, 6.07) is 0.388. The van der Waals surface area contributed by atoms with E-state index in [1.165, 1.54) is 12.8 Å². The summed E-state index contributed by atoms with van der Waals surface area (Å²) in [5, 5.41) is 3.70. The second-order valence-corrected chi connectivity index (χ2v) is 7.04. The zero-order valence-corrected chi connectivity index (χ0v) is 13.0. The first kappa shape index (κ1) is 14.3. The Labute approximate surface area is 122 Å². The van der Waals surface area contributed by atoms with Crippen LogP contribution in [0.5, 0.6) is 0 Å². The number of carbonyl (C=O) groups excluding carboxylic acids is 1. The third-order valence-electron chi connectivity index (χ3n) is 5.32. The Morgan fingerprint density at radius 2 is 2.00 bits per heavy atom. The summed E-state index contributed by atoms with van der Waals surface area (Å²) in [6.45, 7) is 7.25. The van der Waals surface area contributed by atoms with Gasteiger partial charge in [0.2, 0.25) is 5.91 Å². The minimum absolute atomic E-state index is 0.216. The second-order valence-electron chi connectivity index (χ2n) is 7.04. The lowest BCUT2D eigenvalue weighted by Crippen LogP contribution is -2.54. The SMILES string of the molecule is CCOC1CC(N2C(=O)C3(CCCC3)NC2C(C)C)C1. The largest absolute Gasteiger partial charge is 0.378 e. The van der Waals surface area contributed by atoms with Crippen molar-refractivity contribution >= 4 is 5.91 Å². The van der Waals surface area contributed by atoms with E-state index in [-0.39, 0.29) is 11.7 Å². The van der Waals surface area contributed by atoms with E-state index < -0.39 is 0 Å². The maximum Gasteiger partial charge on any atom is 0.244 e. The van der Waals surface area contributed by atoms with Crippen LogP contribution >= 0.6 is 0 Å². The first-order chi connectivity index (χ1) is 9.57. The smallest absolute Gasteiger partial charge is 0.244 e. The van der Waals surface area contributed by atoms with Crippen LogP contribution in [-0.2, 0) is 9.53 Å². The topological polar surface area (TPSA) is 41.6 Å². The predicted octanol–water partition coefficient (Wildman–Crippen LogP) is 2.28. The molecule has 1 N–H and O–H groups in total. The molecule has 1 aliphatic heterocycles. The minimum atomic E-state index is -0.231. The van der Waals surface area contributed by atoms with Crippen LogP contribution in [0.1, 0.15) is 59.3 Å². The summed E-state index contributed by atoms with van der Waals surface area (Å²) in [6.07, 6.45) is 7.02. The van der Waals surface area contributed by atoms with Gasteiger partial charge in [0.05, 0.1) is 17.8 Å². The summed E-state index contributed by atoms with van der Waals surface area (Å²) in [7, 11) is 0. The molecular formula is C16H28N2O2. The van der Waals surface area contributed by atoms with Gasteiger partial charge in [0, 0.05) is 12.6 Å². The molecule has 1 unspecified atom stereocenters. The zero-order valence-electron chi connectivity index (χ0n) is 13.0. The summed E-state index contributed by atoms with van der Waals surface area (Å²) in [5.74, 6) is 0.832. The molecule has 2 aliphatic carbocycles. The predicted molar refractivity (Wildman–Crippen MR) is 78.2 cm³/mol. The van der Waals surface area contributed by atoms with E-state index in [2.05, 4.69) is 24.1 Å². The highest BCUT2D eigenvalue weighted by Crippen LogP contribution is 2.42. The Hall–Kier alpha value is -0.610. The first-order valence-corrected chi connectivity index (χ1v) is 8.29. The van der Waals surface area contributed by atoms with Crippen molar-refractivity contribution in [2.24, 2.45) is 5.92 Å². The van der Waals surface area contributed by atoms with Crippen molar-refractivity contribution in [1.29, 1.82) is 0 Å². The Bertz CT molecular complexity index is 371. The van der Waals surface area contributed by atoms with Gasteiger partial charge in [0.1, 0.15) is 0 Å². The van der Waals surface area contributed by atoms with Crippen molar-refractivity contribution in [3.8, 4) is 0 Å². The molecule has 3 rings (SSSR count). The van der Waals surface area contributed by atoms with Crippen LogP contribution in [-0.4, -0.2) is 41.3 Å². The fraction of sp³-hybridized carbons (Fsp3) is 0.938. The first-order valence-electron chi connectivity index (χ1n) is 8.29. The Balaban J connectivity index is 1.73. The molecular weight excluding hydrogens is 252 g/mol. The van der Waals surface area contributed by atoms with Crippen LogP contribution in [0.3, 0.4) is 0 Å². The van der Waals surface area contributed by atoms with Crippen molar-refractivity contribution < 1.29 is 9.53 Å². The molecule has 0 radical (unpaired) electrons. The molecule has 114 valence electrons. The molecule has 2 saturated carbocycles. The van der Waals surface area contributed by atoms with E-state index in [1.54, 1.807) is 0 Å². The summed E-state index contributed by atoms with van der Waals surface area (Å²) in [4.78, 5) is 15.1. The highest BCUT2D eigenvalue weighted by Gasteiger charge is 2.56. The fourth-order valence-corrected chi connectivity index (χ4v) is 4.14. The van der Waals surface area contributed by atoms with Crippen molar-refractivity contribution in [1.82, 2.24) is 10.2 Å². The average molecular weight is 280 g/mol. The molecule has 1 atom stereocenters. The number of rotatable bonds is 4. The van der Waals surface area contributed by atoms with E-state index in [1.807, 2.05) is 6.92 Å². The second kappa shape index (κ2) is 5.30. The van der Waals surface area contributed by atoms with Gasteiger partial charge in [-0.25, -0.2) is 0 Å². The normalized spacial score (nSPS) is 36.1. The highest BCUT2D eigenvalue weighted by molar-refractivity contribution is 5.89. The van der Waals surface area contributed by atoms with Gasteiger partial charge < -0.3 is 9.64 Å². The molecule has 0 aromatic heterocycles. The highest BCUT2D eigenvalue weighted by atomic mass is 16.5. The van der Waals surface area contributed by atoms with E-state index in [0.717, 1.165) is 32.3 Å². The monoisotopic (exact) mass is 280 g/mol. The number of hydrogen-bond acceptors (Lipinski definition) is 3. The molecule has 20 heavy (non-hydrogen) atoms. The van der Waals surface area contributed by atoms with E-state index in [4.69, 9.17) is 4.74 Å². The number of nitrogens with one attached hydrogen (secondary N) is 1. The standard InChI is InChI=1S/C16H28N2O2/c1-4-20-13-9-12(10-13)18-14(11(2)3)17-16(15(18)19)7-5-6-8-16/h11-14,17H,4-10H2,1-3H3. The summed E-state index contributed by atoms with van der Waals surface area (Å²) < 4.78 is 5.66. The lowest BCUT2D eigenvalue weighted by Gasteiger charge is -2.44. The van der Waals surface area contributed by atoms with Gasteiger partial charge in [-0.05, 0) is 38.5 Å². The Morgan fingerprint density at radius 3 is 2.55 bits per heavy atom. The Morgan fingerprint density at radius 1 is 1.35 bits per heavy atom. The van der Waals surface area contributed by atoms with Crippen LogP contribution in [0, 0.1) is 5.92 Å². The molecule has 3 fully saturated rings. The van der Waals surface area contributed by atoms with E-state index in [0.29, 0.717) is 24.0 Å². The van der Waals surface area contributed by atoms with Gasteiger partial charge in [-0.1, -0.05) is 26.7 Å². The molecule has 1 spiro atoms. The van der Waals surface area contributed by atoms with Gasteiger partial charge in [0.15, 0.2) is 0 Å². The number of hydrogen-bond donors (Lipinski definition) is 1. The van der Waals surface area contributed by atoms with Crippen molar-refractivity contribution in [3.05, 3.63) is 0 Å². The molecule has 1 amide bonds. The fourth-order valence-electron chi connectivity index (χ4n) is 4.14. The number of ether oxygens (including phenoxy) is 1. The lowest BCUT2D eigenvalue weighted by atomic mass is 9.86. The van der Waals surface area contributed by atoms with Crippen LogP contribution in [0.25, 0.3) is 0 Å². The van der Waals surface area contributed by atoms with Crippen molar-refractivity contribution in [2.45, 2.75) is 83.1 Å². The molecule has 1 heterocycles. The third-order valence-corrected chi connectivity index (χ3v) is 5.32. The molecule has 0 aromatic rings. The summed E-state index contributed by atoms with van der Waals surface area (Å²) in [5.41, 5.74) is -0.231. The molecule has 4 nitrogen and oxygen atoms in total. The molecule has 3 aliphatic rings. The van der Waals surface area contributed by atoms with Crippen LogP contribution in [0.4, 0.5) is 0 Å². The van der Waals surface area contributed by atoms with Crippen LogP contribution < -0.4 is 5.32 Å². The lowest BCUT2D eigenvalue weighted by molar-refractivity contribution is -0.141. The molecule has 1 saturated heterocycles. The maximum atomic E-state index is 13.0. The van der Waals surface area contributed by atoms with Crippen molar-refractivity contribution in [2.75, 3.05) is 6.61 Å². The minimum Gasteiger partial charge on any atom is -0.378 e. The number of nitrogens with zero attached hydrogens (tertiary/aromatic N) is 1. The van der Waals surface area contributed by atoms with Gasteiger partial charge in [0.25, 0.3) is 0 Å². The van der Waals surface area contributed by atoms with Gasteiger partial charge in [-0.3, -0.25) is 10.1 Å². The van der Waals surface area contributed by atoms with Gasteiger partial charge in [-0.2, -0.15) is 0 Å². The van der Waals surface area contributed by atoms with Crippen LogP contribution in [0.15, 0.2) is 0 Å². The summed E-state index contributed by atoms with van der Waals surface area (Å²) >= 11 is 0. The van der Waals surface area contributed by atoms with Crippen molar-refractivity contribution in [3.63, 3.8) is 0 Å². The third kappa shape index (κ3) is 2.17. The average Bonchev–Trinajstić information content (AvgIpc) is 2.93. The maximum absolute atomic E-state index is 13.0.